The normalized spacial score (nSPS) is 16.3. The number of aromatic nitrogens is 4. The number of carbonyl (C=O) groups is 1. The number of anilines is 1. The van der Waals surface area contributed by atoms with Crippen molar-refractivity contribution in [3.63, 3.8) is 0 Å². The van der Waals surface area contributed by atoms with Crippen molar-refractivity contribution in [3.05, 3.63) is 50.0 Å². The molecule has 1 fully saturated rings. The number of hydrogen-bond acceptors (Lipinski definition) is 8. The third-order valence-corrected chi connectivity index (χ3v) is 7.00. The number of pyridine rings is 2. The van der Waals surface area contributed by atoms with Crippen molar-refractivity contribution in [1.82, 2.24) is 24.4 Å². The van der Waals surface area contributed by atoms with Gasteiger partial charge < -0.3 is 19.6 Å². The number of aliphatic hydroxyl groups is 1. The van der Waals surface area contributed by atoms with Crippen LogP contribution in [-0.2, 0) is 4.74 Å². The summed E-state index contributed by atoms with van der Waals surface area (Å²) in [5.74, 6) is -0.985. The third kappa shape index (κ3) is 5.53. The molecule has 1 saturated heterocycles. The lowest BCUT2D eigenvalue weighted by atomic mass is 10.0. The fourth-order valence-electron chi connectivity index (χ4n) is 4.62. The largest absolute Gasteiger partial charge is 0.444 e. The van der Waals surface area contributed by atoms with Crippen LogP contribution in [0.1, 0.15) is 51.8 Å². The number of carbonyl (C=O) groups excluding carboxylic acids is 1. The van der Waals surface area contributed by atoms with Crippen molar-refractivity contribution in [2.75, 3.05) is 31.1 Å². The Balaban J connectivity index is 1.92. The van der Waals surface area contributed by atoms with Gasteiger partial charge in [0.15, 0.2) is 16.6 Å². The molecule has 0 bridgehead atoms. The van der Waals surface area contributed by atoms with Gasteiger partial charge >= 0.3 is 11.8 Å². The lowest BCUT2D eigenvalue weighted by Crippen LogP contribution is -2.57. The summed E-state index contributed by atoms with van der Waals surface area (Å²) in [4.78, 5) is 42.5. The van der Waals surface area contributed by atoms with E-state index < -0.39 is 34.4 Å². The van der Waals surface area contributed by atoms with Gasteiger partial charge in [0.2, 0.25) is 0 Å². The molecule has 3 aromatic rings. The molecule has 39 heavy (non-hydrogen) atoms. The van der Waals surface area contributed by atoms with Crippen molar-refractivity contribution in [2.45, 2.75) is 59.1 Å². The summed E-state index contributed by atoms with van der Waals surface area (Å²) >= 11 is 12.6. The van der Waals surface area contributed by atoms with Gasteiger partial charge in [-0.3, -0.25) is 4.98 Å². The van der Waals surface area contributed by atoms with Crippen molar-refractivity contribution in [2.24, 2.45) is 0 Å². The summed E-state index contributed by atoms with van der Waals surface area (Å²) in [6, 6.07) is 1.07. The summed E-state index contributed by atoms with van der Waals surface area (Å²) in [5, 5.41) is 9.44. The van der Waals surface area contributed by atoms with Crippen LogP contribution in [0.4, 0.5) is 15.0 Å². The van der Waals surface area contributed by atoms with Crippen LogP contribution < -0.4 is 10.6 Å². The number of halogens is 3. The van der Waals surface area contributed by atoms with Gasteiger partial charge in [0.05, 0.1) is 34.4 Å². The predicted octanol–water partition coefficient (Wildman–Crippen LogP) is 4.47. The second-order valence-corrected chi connectivity index (χ2v) is 11.5. The first kappa shape index (κ1) is 29.0. The SMILES string of the molecule is Cc1ccnc(C(C)C)c1-n1c(=O)nc(N2CCN(C(=O)OC(C)(C)C)C[C@@H]2CO)c2c(Cl)c(F)c(Cl)nc21. The lowest BCUT2D eigenvalue weighted by Gasteiger charge is -2.41. The van der Waals surface area contributed by atoms with Gasteiger partial charge in [-0.05, 0) is 45.2 Å². The fourth-order valence-corrected chi connectivity index (χ4v) is 5.10. The van der Waals surface area contributed by atoms with E-state index in [0.717, 1.165) is 5.56 Å². The Hall–Kier alpha value is -3.02. The zero-order valence-electron chi connectivity index (χ0n) is 22.6. The summed E-state index contributed by atoms with van der Waals surface area (Å²) in [6.07, 6.45) is 1.12. The molecule has 1 aliphatic heterocycles. The Morgan fingerprint density at radius 2 is 1.95 bits per heavy atom. The smallest absolute Gasteiger partial charge is 0.410 e. The van der Waals surface area contributed by atoms with Crippen LogP contribution in [0.2, 0.25) is 10.2 Å². The molecule has 13 heteroatoms. The summed E-state index contributed by atoms with van der Waals surface area (Å²) in [7, 11) is 0. The van der Waals surface area contributed by atoms with Gasteiger partial charge in [-0.15, -0.1) is 0 Å². The molecule has 210 valence electrons. The Morgan fingerprint density at radius 3 is 2.56 bits per heavy atom. The van der Waals surface area contributed by atoms with Gasteiger partial charge in [0.25, 0.3) is 0 Å². The average Bonchev–Trinajstić information content (AvgIpc) is 2.85. The molecule has 1 amide bonds. The molecule has 4 heterocycles. The number of rotatable bonds is 4. The van der Waals surface area contributed by atoms with Gasteiger partial charge in [-0.1, -0.05) is 37.0 Å². The molecule has 10 nitrogen and oxygen atoms in total. The number of fused-ring (bicyclic) bond motifs is 1. The molecule has 1 aliphatic rings. The number of amides is 1. The second-order valence-electron chi connectivity index (χ2n) is 10.8. The maximum Gasteiger partial charge on any atom is 0.410 e. The Labute approximate surface area is 235 Å². The van der Waals surface area contributed by atoms with Crippen molar-refractivity contribution < 1.29 is 19.0 Å². The molecule has 3 aromatic heterocycles. The van der Waals surface area contributed by atoms with E-state index >= 15 is 4.39 Å². The molecule has 0 aliphatic carbocycles. The van der Waals surface area contributed by atoms with E-state index in [9.17, 15) is 14.7 Å². The quantitative estimate of drug-likeness (QED) is 0.449. The third-order valence-electron chi connectivity index (χ3n) is 6.39. The fraction of sp³-hybridized carbons (Fsp3) is 0.500. The van der Waals surface area contributed by atoms with E-state index in [1.54, 1.807) is 37.9 Å². The van der Waals surface area contributed by atoms with Crippen LogP contribution in [0.15, 0.2) is 17.1 Å². The monoisotopic (exact) mass is 580 g/mol. The molecule has 4 rings (SSSR count). The van der Waals surface area contributed by atoms with Crippen molar-refractivity contribution >= 4 is 46.1 Å². The van der Waals surface area contributed by atoms with Crippen LogP contribution in [-0.4, -0.2) is 73.5 Å². The van der Waals surface area contributed by atoms with Crippen LogP contribution in [0, 0.1) is 12.7 Å². The Bertz CT molecular complexity index is 1490. The zero-order chi connectivity index (χ0) is 28.8. The van der Waals surface area contributed by atoms with Crippen LogP contribution in [0.3, 0.4) is 0 Å². The highest BCUT2D eigenvalue weighted by Gasteiger charge is 2.35. The first-order valence-corrected chi connectivity index (χ1v) is 13.3. The standard InChI is InChI=1S/C26H31Cl2FN6O4/c1-13(2)19-20(14(3)7-8-30-19)35-23-16(17(27)18(29)21(28)31-23)22(32-24(35)37)34-10-9-33(11-15(34)12-36)25(38)39-26(4,5)6/h7-8,13,15,36H,9-12H2,1-6H3/t15-/m1/s1. The molecule has 1 N–H and O–H groups in total. The van der Waals surface area contributed by atoms with E-state index in [1.165, 1.54) is 9.47 Å². The van der Waals surface area contributed by atoms with Gasteiger partial charge in [-0.2, -0.15) is 4.98 Å². The highest BCUT2D eigenvalue weighted by molar-refractivity contribution is 6.38. The highest BCUT2D eigenvalue weighted by atomic mass is 35.5. The van der Waals surface area contributed by atoms with Gasteiger partial charge in [-0.25, -0.2) is 23.5 Å². The maximum absolute atomic E-state index is 15.0. The number of nitrogens with zero attached hydrogens (tertiary/aromatic N) is 6. The van der Waals surface area contributed by atoms with Gasteiger partial charge in [0.1, 0.15) is 11.4 Å². The molecule has 0 spiro atoms. The lowest BCUT2D eigenvalue weighted by molar-refractivity contribution is 0.0197. The van der Waals surface area contributed by atoms with E-state index in [4.69, 9.17) is 27.9 Å². The van der Waals surface area contributed by atoms with Crippen LogP contribution in [0.5, 0.6) is 0 Å². The minimum absolute atomic E-state index is 0.00524. The van der Waals surface area contributed by atoms with E-state index in [1.807, 2.05) is 20.8 Å². The Kier molecular flexibility index (Phi) is 8.07. The summed E-state index contributed by atoms with van der Waals surface area (Å²) < 4.78 is 21.8. The van der Waals surface area contributed by atoms with E-state index in [2.05, 4.69) is 15.0 Å². The number of piperazine rings is 1. The summed E-state index contributed by atoms with van der Waals surface area (Å²) in [6.45, 7) is 11.0. The highest BCUT2D eigenvalue weighted by Crippen LogP contribution is 2.37. The molecule has 0 aromatic carbocycles. The van der Waals surface area contributed by atoms with Crippen LogP contribution in [0.25, 0.3) is 16.7 Å². The summed E-state index contributed by atoms with van der Waals surface area (Å²) in [5.41, 5.74) is 0.412. The van der Waals surface area contributed by atoms with E-state index in [0.29, 0.717) is 11.4 Å². The van der Waals surface area contributed by atoms with Crippen molar-refractivity contribution in [1.29, 1.82) is 0 Å². The van der Waals surface area contributed by atoms with E-state index in [-0.39, 0.29) is 54.0 Å². The number of hydrogen-bond donors (Lipinski definition) is 1. The molecular formula is C26H31Cl2FN6O4. The molecular weight excluding hydrogens is 550 g/mol. The zero-order valence-corrected chi connectivity index (χ0v) is 24.1. The number of ether oxygens (including phenoxy) is 1. The number of aryl methyl sites for hydroxylation is 1. The first-order chi connectivity index (χ1) is 18.2. The molecule has 1 atom stereocenters. The molecule has 0 saturated carbocycles. The topological polar surface area (TPSA) is 114 Å². The first-order valence-electron chi connectivity index (χ1n) is 12.5. The second kappa shape index (κ2) is 10.9. The van der Waals surface area contributed by atoms with Crippen molar-refractivity contribution in [3.8, 4) is 5.69 Å². The minimum Gasteiger partial charge on any atom is -0.444 e. The minimum atomic E-state index is -0.959. The maximum atomic E-state index is 15.0. The van der Waals surface area contributed by atoms with Crippen LogP contribution >= 0.6 is 23.2 Å². The number of aliphatic hydroxyl groups excluding tert-OH is 1. The Morgan fingerprint density at radius 1 is 1.26 bits per heavy atom. The van der Waals surface area contributed by atoms with Gasteiger partial charge in [0, 0.05) is 25.8 Å². The molecule has 0 unspecified atom stereocenters. The average molecular weight is 581 g/mol. The predicted molar refractivity (Wildman–Crippen MR) is 148 cm³/mol. The molecule has 0 radical (unpaired) electrons.